The van der Waals surface area contributed by atoms with Gasteiger partial charge in [0.1, 0.15) is 16.7 Å². The third kappa shape index (κ3) is 3.81. The van der Waals surface area contributed by atoms with E-state index in [-0.39, 0.29) is 11.3 Å². The molecule has 0 fully saturated rings. The number of aliphatic carboxylic acids is 1. The van der Waals surface area contributed by atoms with Gasteiger partial charge in [-0.3, -0.25) is 4.79 Å². The zero-order chi connectivity index (χ0) is 18.7. The number of halogens is 1. The second-order valence-corrected chi connectivity index (χ2v) is 7.09. The van der Waals surface area contributed by atoms with Crippen molar-refractivity contribution in [2.45, 2.75) is 12.5 Å². The van der Waals surface area contributed by atoms with Crippen LogP contribution in [0.4, 0.5) is 0 Å². The van der Waals surface area contributed by atoms with Crippen molar-refractivity contribution in [3.05, 3.63) is 64.0 Å². The van der Waals surface area contributed by atoms with Gasteiger partial charge in [-0.15, -0.1) is 11.3 Å². The molecule has 0 aliphatic carbocycles. The van der Waals surface area contributed by atoms with Gasteiger partial charge in [0.25, 0.3) is 5.91 Å². The summed E-state index contributed by atoms with van der Waals surface area (Å²) >= 11 is 7.54. The first-order chi connectivity index (χ1) is 12.5. The van der Waals surface area contributed by atoms with Crippen molar-refractivity contribution in [1.29, 1.82) is 0 Å². The van der Waals surface area contributed by atoms with Gasteiger partial charge >= 0.3 is 5.97 Å². The summed E-state index contributed by atoms with van der Waals surface area (Å²) in [5, 5.41) is 13.1. The Morgan fingerprint density at radius 2 is 1.96 bits per heavy atom. The molecule has 3 aromatic rings. The van der Waals surface area contributed by atoms with Crippen molar-refractivity contribution >= 4 is 44.9 Å². The Labute approximate surface area is 159 Å². The van der Waals surface area contributed by atoms with Gasteiger partial charge in [0, 0.05) is 16.5 Å². The average Bonchev–Trinajstić information content (AvgIpc) is 2.98. The lowest BCUT2D eigenvalue weighted by molar-refractivity contribution is -0.139. The van der Waals surface area contributed by atoms with Gasteiger partial charge < -0.3 is 15.2 Å². The summed E-state index contributed by atoms with van der Waals surface area (Å²) in [6.07, 6.45) is 0.193. The van der Waals surface area contributed by atoms with Crippen LogP contribution in [0.5, 0.6) is 5.75 Å². The molecule has 0 radical (unpaired) electrons. The van der Waals surface area contributed by atoms with Crippen LogP contribution in [0.1, 0.15) is 15.2 Å². The maximum atomic E-state index is 12.6. The van der Waals surface area contributed by atoms with Gasteiger partial charge in [0.05, 0.1) is 12.1 Å². The van der Waals surface area contributed by atoms with E-state index in [9.17, 15) is 14.7 Å². The summed E-state index contributed by atoms with van der Waals surface area (Å²) in [7, 11) is 1.56. The minimum absolute atomic E-state index is 0.193. The second-order valence-electron chi connectivity index (χ2n) is 5.66. The van der Waals surface area contributed by atoms with Crippen molar-refractivity contribution in [3.63, 3.8) is 0 Å². The van der Waals surface area contributed by atoms with Crippen LogP contribution in [0.3, 0.4) is 0 Å². The van der Waals surface area contributed by atoms with Gasteiger partial charge in [-0.25, -0.2) is 4.79 Å². The Morgan fingerprint density at radius 3 is 2.62 bits per heavy atom. The van der Waals surface area contributed by atoms with Crippen LogP contribution in [-0.2, 0) is 11.2 Å². The van der Waals surface area contributed by atoms with E-state index < -0.39 is 17.9 Å². The van der Waals surface area contributed by atoms with Gasteiger partial charge in [0.15, 0.2) is 0 Å². The molecule has 1 unspecified atom stereocenters. The first kappa shape index (κ1) is 18.2. The Bertz CT molecular complexity index is 955. The average molecular weight is 390 g/mol. The summed E-state index contributed by atoms with van der Waals surface area (Å²) in [5.41, 5.74) is 0.826. The molecule has 0 saturated carbocycles. The maximum absolute atomic E-state index is 12.6. The topological polar surface area (TPSA) is 75.6 Å². The van der Waals surface area contributed by atoms with Gasteiger partial charge in [-0.05, 0) is 23.8 Å². The predicted octanol–water partition coefficient (Wildman–Crippen LogP) is 3.99. The number of benzene rings is 2. The number of carbonyl (C=O) groups is 2. The standard InChI is InChI=1S/C19H16ClNO4S/c1-25-12-7-8-13-15(10-12)26-17(16(13)20)18(22)21-14(19(23)24)9-11-5-3-2-4-6-11/h2-8,10,14H,9H2,1H3,(H,21,22)(H,23,24). The van der Waals surface area contributed by atoms with E-state index in [0.717, 1.165) is 15.6 Å². The van der Waals surface area contributed by atoms with Crippen LogP contribution >= 0.6 is 22.9 Å². The molecule has 3 rings (SSSR count). The fraction of sp³-hybridized carbons (Fsp3) is 0.158. The Kier molecular flexibility index (Phi) is 5.44. The monoisotopic (exact) mass is 389 g/mol. The van der Waals surface area contributed by atoms with E-state index in [4.69, 9.17) is 16.3 Å². The van der Waals surface area contributed by atoms with E-state index >= 15 is 0 Å². The first-order valence-electron chi connectivity index (χ1n) is 7.83. The highest BCUT2D eigenvalue weighted by molar-refractivity contribution is 7.21. The number of carboxylic acids is 1. The molecule has 1 atom stereocenters. The van der Waals surface area contributed by atoms with E-state index in [1.807, 2.05) is 30.3 Å². The number of ether oxygens (including phenoxy) is 1. The predicted molar refractivity (Wildman–Crippen MR) is 102 cm³/mol. The Morgan fingerprint density at radius 1 is 1.23 bits per heavy atom. The fourth-order valence-corrected chi connectivity index (χ4v) is 4.04. The molecule has 0 saturated heterocycles. The van der Waals surface area contributed by atoms with Crippen molar-refractivity contribution in [3.8, 4) is 5.75 Å². The molecule has 0 bridgehead atoms. The molecular weight excluding hydrogens is 374 g/mol. The largest absolute Gasteiger partial charge is 0.497 e. The molecule has 5 nitrogen and oxygen atoms in total. The fourth-order valence-electron chi connectivity index (χ4n) is 2.59. The maximum Gasteiger partial charge on any atom is 0.326 e. The van der Waals surface area contributed by atoms with E-state index in [1.165, 1.54) is 11.3 Å². The molecule has 0 aliphatic heterocycles. The zero-order valence-electron chi connectivity index (χ0n) is 13.9. The van der Waals surface area contributed by atoms with Crippen LogP contribution in [0.15, 0.2) is 48.5 Å². The highest BCUT2D eigenvalue weighted by Gasteiger charge is 2.24. The number of rotatable bonds is 6. The second kappa shape index (κ2) is 7.76. The smallest absolute Gasteiger partial charge is 0.326 e. The van der Waals surface area contributed by atoms with Crippen molar-refractivity contribution in [1.82, 2.24) is 5.32 Å². The van der Waals surface area contributed by atoms with Gasteiger partial charge in [-0.2, -0.15) is 0 Å². The molecule has 0 aliphatic rings. The van der Waals surface area contributed by atoms with Crippen molar-refractivity contribution < 1.29 is 19.4 Å². The highest BCUT2D eigenvalue weighted by Crippen LogP contribution is 2.37. The lowest BCUT2D eigenvalue weighted by Gasteiger charge is -2.14. The summed E-state index contributed by atoms with van der Waals surface area (Å²) in [6.45, 7) is 0. The third-order valence-corrected chi connectivity index (χ3v) is 5.58. The molecule has 134 valence electrons. The molecule has 7 heteroatoms. The lowest BCUT2D eigenvalue weighted by Crippen LogP contribution is -2.42. The number of carboxylic acid groups (broad SMARTS) is 1. The van der Waals surface area contributed by atoms with E-state index in [2.05, 4.69) is 5.32 Å². The molecule has 1 heterocycles. The molecule has 26 heavy (non-hydrogen) atoms. The number of fused-ring (bicyclic) bond motifs is 1. The van der Waals surface area contributed by atoms with Crippen LogP contribution in [-0.4, -0.2) is 30.1 Å². The molecular formula is C19H16ClNO4S. The van der Waals surface area contributed by atoms with E-state index in [1.54, 1.807) is 25.3 Å². The highest BCUT2D eigenvalue weighted by atomic mass is 35.5. The molecule has 0 spiro atoms. The molecule has 1 amide bonds. The summed E-state index contributed by atoms with van der Waals surface area (Å²) in [4.78, 5) is 24.5. The molecule has 2 N–H and O–H groups in total. The number of thiophene rings is 1. The summed E-state index contributed by atoms with van der Waals surface area (Å²) < 4.78 is 5.98. The minimum Gasteiger partial charge on any atom is -0.497 e. The number of hydrogen-bond acceptors (Lipinski definition) is 4. The summed E-state index contributed by atoms with van der Waals surface area (Å²) in [5.74, 6) is -0.936. The normalized spacial score (nSPS) is 11.9. The van der Waals surface area contributed by atoms with Crippen molar-refractivity contribution in [2.75, 3.05) is 7.11 Å². The Balaban J connectivity index is 1.84. The van der Waals surface area contributed by atoms with Crippen LogP contribution < -0.4 is 10.1 Å². The number of methoxy groups -OCH3 is 1. The molecule has 2 aromatic carbocycles. The quantitative estimate of drug-likeness (QED) is 0.668. The number of hydrogen-bond donors (Lipinski definition) is 2. The lowest BCUT2D eigenvalue weighted by atomic mass is 10.1. The minimum atomic E-state index is -1.10. The third-order valence-electron chi connectivity index (χ3n) is 3.93. The SMILES string of the molecule is COc1ccc2c(Cl)c(C(=O)NC(Cc3ccccc3)C(=O)O)sc2c1. The van der Waals surface area contributed by atoms with Gasteiger partial charge in [0.2, 0.25) is 0 Å². The van der Waals surface area contributed by atoms with E-state index in [0.29, 0.717) is 10.8 Å². The zero-order valence-corrected chi connectivity index (χ0v) is 15.4. The van der Waals surface area contributed by atoms with Gasteiger partial charge in [-0.1, -0.05) is 41.9 Å². The Hall–Kier alpha value is -2.57. The number of carbonyl (C=O) groups excluding carboxylic acids is 1. The number of nitrogens with one attached hydrogen (secondary N) is 1. The van der Waals surface area contributed by atoms with Crippen LogP contribution in [0.2, 0.25) is 5.02 Å². The number of amides is 1. The van der Waals surface area contributed by atoms with Crippen LogP contribution in [0.25, 0.3) is 10.1 Å². The first-order valence-corrected chi connectivity index (χ1v) is 9.02. The summed E-state index contributed by atoms with van der Waals surface area (Å²) in [6, 6.07) is 13.4. The van der Waals surface area contributed by atoms with Crippen LogP contribution in [0, 0.1) is 0 Å². The van der Waals surface area contributed by atoms with Crippen molar-refractivity contribution in [2.24, 2.45) is 0 Å². The molecule has 1 aromatic heterocycles.